The SMILES string of the molecule is CC(C(=O)C(C)c1cccc(CCCO)c1)c1cccc(CCCO)c1. The minimum atomic E-state index is -0.167. The summed E-state index contributed by atoms with van der Waals surface area (Å²) in [5.74, 6) is -0.121. The predicted molar refractivity (Wildman–Crippen MR) is 106 cm³/mol. The highest BCUT2D eigenvalue weighted by Gasteiger charge is 2.23. The molecule has 0 bridgehead atoms. The van der Waals surface area contributed by atoms with E-state index >= 15 is 0 Å². The molecule has 2 N–H and O–H groups in total. The van der Waals surface area contributed by atoms with E-state index in [9.17, 15) is 4.79 Å². The van der Waals surface area contributed by atoms with Gasteiger partial charge in [0.05, 0.1) is 0 Å². The van der Waals surface area contributed by atoms with Crippen LogP contribution in [0.1, 0.15) is 60.8 Å². The van der Waals surface area contributed by atoms with Crippen molar-refractivity contribution in [3.05, 3.63) is 70.8 Å². The van der Waals surface area contributed by atoms with Gasteiger partial charge in [0.15, 0.2) is 0 Å². The normalized spacial score (nSPS) is 13.4. The van der Waals surface area contributed by atoms with Crippen LogP contribution in [-0.4, -0.2) is 29.2 Å². The summed E-state index contributed by atoms with van der Waals surface area (Å²) in [6, 6.07) is 16.3. The molecule has 140 valence electrons. The molecule has 0 amide bonds. The van der Waals surface area contributed by atoms with Crippen LogP contribution in [0.3, 0.4) is 0 Å². The van der Waals surface area contributed by atoms with Crippen LogP contribution in [-0.2, 0) is 17.6 Å². The highest BCUT2D eigenvalue weighted by Crippen LogP contribution is 2.27. The lowest BCUT2D eigenvalue weighted by molar-refractivity contribution is -0.121. The number of ketones is 1. The Balaban J connectivity index is 2.12. The van der Waals surface area contributed by atoms with Crippen LogP contribution in [0.4, 0.5) is 0 Å². The molecule has 3 heteroatoms. The Hall–Kier alpha value is -1.97. The number of hydrogen-bond acceptors (Lipinski definition) is 3. The second-order valence-electron chi connectivity index (χ2n) is 6.99. The molecule has 0 heterocycles. The van der Waals surface area contributed by atoms with E-state index < -0.39 is 0 Å². The van der Waals surface area contributed by atoms with Gasteiger partial charge >= 0.3 is 0 Å². The Labute approximate surface area is 156 Å². The van der Waals surface area contributed by atoms with E-state index in [1.165, 1.54) is 0 Å². The lowest BCUT2D eigenvalue weighted by atomic mass is 9.84. The van der Waals surface area contributed by atoms with E-state index in [4.69, 9.17) is 10.2 Å². The average molecular weight is 354 g/mol. The molecular formula is C23H30O3. The van der Waals surface area contributed by atoms with E-state index in [0.29, 0.717) is 0 Å². The summed E-state index contributed by atoms with van der Waals surface area (Å²) in [7, 11) is 0. The summed E-state index contributed by atoms with van der Waals surface area (Å²) in [5, 5.41) is 18.0. The Kier molecular flexibility index (Phi) is 8.02. The summed E-state index contributed by atoms with van der Waals surface area (Å²) in [6.07, 6.45) is 3.13. The minimum absolute atomic E-state index is 0.167. The van der Waals surface area contributed by atoms with Gasteiger partial charge in [0.2, 0.25) is 0 Å². The number of aliphatic hydroxyl groups excluding tert-OH is 2. The van der Waals surface area contributed by atoms with Crippen LogP contribution in [0.5, 0.6) is 0 Å². The van der Waals surface area contributed by atoms with Crippen molar-refractivity contribution < 1.29 is 15.0 Å². The predicted octanol–water partition coefficient (Wildman–Crippen LogP) is 4.01. The quantitative estimate of drug-likeness (QED) is 0.678. The molecule has 0 radical (unpaired) electrons. The lowest BCUT2D eigenvalue weighted by Gasteiger charge is -2.18. The fourth-order valence-electron chi connectivity index (χ4n) is 3.31. The largest absolute Gasteiger partial charge is 0.396 e. The molecule has 3 nitrogen and oxygen atoms in total. The Morgan fingerprint density at radius 2 is 1.23 bits per heavy atom. The monoisotopic (exact) mass is 354 g/mol. The summed E-state index contributed by atoms with van der Waals surface area (Å²) in [6.45, 7) is 4.31. The number of hydrogen-bond donors (Lipinski definition) is 2. The van der Waals surface area contributed by atoms with Crippen molar-refractivity contribution in [2.75, 3.05) is 13.2 Å². The van der Waals surface area contributed by atoms with Crippen LogP contribution in [0, 0.1) is 0 Å². The number of carbonyl (C=O) groups excluding carboxylic acids is 1. The van der Waals surface area contributed by atoms with Crippen molar-refractivity contribution in [1.29, 1.82) is 0 Å². The Morgan fingerprint density at radius 3 is 1.62 bits per heavy atom. The van der Waals surface area contributed by atoms with Gasteiger partial charge in [-0.25, -0.2) is 0 Å². The zero-order chi connectivity index (χ0) is 18.9. The third-order valence-corrected chi connectivity index (χ3v) is 5.00. The van der Waals surface area contributed by atoms with Crippen molar-refractivity contribution >= 4 is 5.78 Å². The number of rotatable bonds is 10. The highest BCUT2D eigenvalue weighted by molar-refractivity contribution is 5.91. The number of benzene rings is 2. The van der Waals surface area contributed by atoms with Gasteiger partial charge in [-0.3, -0.25) is 4.79 Å². The first kappa shape index (κ1) is 20.3. The summed E-state index contributed by atoms with van der Waals surface area (Å²) >= 11 is 0. The maximum Gasteiger partial charge on any atom is 0.147 e. The van der Waals surface area contributed by atoms with Gasteiger partial charge in [0.1, 0.15) is 5.78 Å². The molecule has 2 rings (SSSR count). The fraction of sp³-hybridized carbons (Fsp3) is 0.435. The standard InChI is InChI=1S/C23H30O3/c1-17(21-11-3-7-19(15-21)9-5-13-24)23(26)18(2)22-12-4-8-20(16-22)10-6-14-25/h3-4,7-8,11-12,15-18,24-25H,5-6,9-10,13-14H2,1-2H3. The van der Waals surface area contributed by atoms with Gasteiger partial charge < -0.3 is 10.2 Å². The summed E-state index contributed by atoms with van der Waals surface area (Å²) in [5.41, 5.74) is 4.40. The van der Waals surface area contributed by atoms with Gasteiger partial charge in [0, 0.05) is 25.0 Å². The van der Waals surface area contributed by atoms with Crippen LogP contribution in [0.15, 0.2) is 48.5 Å². The van der Waals surface area contributed by atoms with Crippen molar-refractivity contribution in [1.82, 2.24) is 0 Å². The number of carbonyl (C=O) groups is 1. The van der Waals surface area contributed by atoms with E-state index in [-0.39, 0.29) is 30.8 Å². The molecule has 0 saturated carbocycles. The second kappa shape index (κ2) is 10.2. The molecule has 0 spiro atoms. The van der Waals surface area contributed by atoms with Gasteiger partial charge in [-0.15, -0.1) is 0 Å². The Morgan fingerprint density at radius 1 is 0.808 bits per heavy atom. The highest BCUT2D eigenvalue weighted by atomic mass is 16.3. The zero-order valence-electron chi connectivity index (χ0n) is 15.8. The maximum atomic E-state index is 13.0. The first-order valence-electron chi connectivity index (χ1n) is 9.50. The number of aryl methyl sites for hydroxylation is 2. The zero-order valence-corrected chi connectivity index (χ0v) is 15.8. The van der Waals surface area contributed by atoms with E-state index in [2.05, 4.69) is 12.1 Å². The number of Topliss-reactive ketones (excluding diaryl/α,β-unsaturated/α-hetero) is 1. The van der Waals surface area contributed by atoms with Crippen LogP contribution >= 0.6 is 0 Å². The van der Waals surface area contributed by atoms with Crippen LogP contribution in [0.2, 0.25) is 0 Å². The maximum absolute atomic E-state index is 13.0. The van der Waals surface area contributed by atoms with E-state index in [0.717, 1.165) is 47.9 Å². The van der Waals surface area contributed by atoms with Gasteiger partial charge in [-0.1, -0.05) is 62.4 Å². The smallest absolute Gasteiger partial charge is 0.147 e. The third-order valence-electron chi connectivity index (χ3n) is 5.00. The van der Waals surface area contributed by atoms with Crippen LogP contribution in [0.25, 0.3) is 0 Å². The molecule has 2 unspecified atom stereocenters. The molecule has 0 fully saturated rings. The first-order valence-corrected chi connectivity index (χ1v) is 9.50. The van der Waals surface area contributed by atoms with Crippen molar-refractivity contribution in [3.63, 3.8) is 0 Å². The molecule has 2 atom stereocenters. The minimum Gasteiger partial charge on any atom is -0.396 e. The van der Waals surface area contributed by atoms with Crippen LogP contribution < -0.4 is 0 Å². The summed E-state index contributed by atoms with van der Waals surface area (Å²) < 4.78 is 0. The molecule has 0 aliphatic carbocycles. The van der Waals surface area contributed by atoms with E-state index in [1.807, 2.05) is 50.2 Å². The molecule has 0 aliphatic heterocycles. The van der Waals surface area contributed by atoms with Crippen molar-refractivity contribution in [2.45, 2.75) is 51.4 Å². The molecule has 2 aromatic carbocycles. The van der Waals surface area contributed by atoms with E-state index in [1.54, 1.807) is 0 Å². The average Bonchev–Trinajstić information content (AvgIpc) is 2.69. The van der Waals surface area contributed by atoms with Crippen molar-refractivity contribution in [3.8, 4) is 0 Å². The van der Waals surface area contributed by atoms with Gasteiger partial charge in [-0.05, 0) is 47.9 Å². The summed E-state index contributed by atoms with van der Waals surface area (Å²) in [4.78, 5) is 13.0. The molecule has 0 aliphatic rings. The molecule has 0 saturated heterocycles. The lowest BCUT2D eigenvalue weighted by Crippen LogP contribution is -2.17. The fourth-order valence-corrected chi connectivity index (χ4v) is 3.31. The molecule has 2 aromatic rings. The Bertz CT molecular complexity index is 649. The topological polar surface area (TPSA) is 57.5 Å². The third kappa shape index (κ3) is 5.52. The number of aliphatic hydroxyl groups is 2. The molecule has 0 aromatic heterocycles. The molecule has 26 heavy (non-hydrogen) atoms. The van der Waals surface area contributed by atoms with Crippen molar-refractivity contribution in [2.24, 2.45) is 0 Å². The van der Waals surface area contributed by atoms with Gasteiger partial charge in [-0.2, -0.15) is 0 Å². The second-order valence-corrected chi connectivity index (χ2v) is 6.99. The first-order chi connectivity index (χ1) is 12.6. The molecular weight excluding hydrogens is 324 g/mol. The van der Waals surface area contributed by atoms with Gasteiger partial charge in [0.25, 0.3) is 0 Å².